The van der Waals surface area contributed by atoms with Crippen molar-refractivity contribution in [1.29, 1.82) is 0 Å². The molecular formula is C14H31N3O2. The van der Waals surface area contributed by atoms with E-state index in [1.807, 2.05) is 13.8 Å². The molecule has 0 rings (SSSR count). The van der Waals surface area contributed by atoms with Gasteiger partial charge >= 0.3 is 0 Å². The first kappa shape index (κ1) is 18.4. The summed E-state index contributed by atoms with van der Waals surface area (Å²) in [5.41, 5.74) is 4.82. The quantitative estimate of drug-likeness (QED) is 0.520. The van der Waals surface area contributed by atoms with Crippen LogP contribution in [0.5, 0.6) is 0 Å². The molecule has 5 nitrogen and oxygen atoms in total. The van der Waals surface area contributed by atoms with Crippen LogP contribution in [0.3, 0.4) is 0 Å². The highest BCUT2D eigenvalue weighted by atomic mass is 16.5. The third-order valence-electron chi connectivity index (χ3n) is 3.70. The van der Waals surface area contributed by atoms with Crippen molar-refractivity contribution in [1.82, 2.24) is 10.2 Å². The van der Waals surface area contributed by atoms with Crippen LogP contribution in [0.15, 0.2) is 0 Å². The Labute approximate surface area is 117 Å². The Bertz CT molecular complexity index is 249. The average molecular weight is 273 g/mol. The normalized spacial score (nSPS) is 14.6. The number of amides is 1. The van der Waals surface area contributed by atoms with Gasteiger partial charge in [-0.25, -0.2) is 0 Å². The summed E-state index contributed by atoms with van der Waals surface area (Å²) in [4.78, 5) is 13.7. The maximum Gasteiger partial charge on any atom is 0.237 e. The van der Waals surface area contributed by atoms with E-state index in [0.29, 0.717) is 0 Å². The summed E-state index contributed by atoms with van der Waals surface area (Å²) in [6.07, 6.45) is 2.85. The topological polar surface area (TPSA) is 67.6 Å². The minimum absolute atomic E-state index is 0.279. The highest BCUT2D eigenvalue weighted by molar-refractivity contribution is 5.84. The number of hydrogen-bond donors (Lipinski definition) is 2. The van der Waals surface area contributed by atoms with Gasteiger partial charge in [-0.05, 0) is 53.2 Å². The Hall–Kier alpha value is -0.650. The van der Waals surface area contributed by atoms with Crippen LogP contribution in [0, 0.1) is 0 Å². The van der Waals surface area contributed by atoms with E-state index in [1.165, 1.54) is 0 Å². The van der Waals surface area contributed by atoms with Gasteiger partial charge in [0.2, 0.25) is 5.91 Å². The first-order valence-electron chi connectivity index (χ1n) is 7.29. The van der Waals surface area contributed by atoms with Crippen LogP contribution >= 0.6 is 0 Å². The van der Waals surface area contributed by atoms with Gasteiger partial charge in [0.1, 0.15) is 0 Å². The lowest BCUT2D eigenvalue weighted by Crippen LogP contribution is -2.51. The largest absolute Gasteiger partial charge is 0.380 e. The second-order valence-electron chi connectivity index (χ2n) is 5.03. The molecule has 0 aliphatic heterocycles. The van der Waals surface area contributed by atoms with Crippen molar-refractivity contribution in [2.45, 2.75) is 45.6 Å². The molecule has 1 amide bonds. The summed E-state index contributed by atoms with van der Waals surface area (Å²) >= 11 is 0. The molecule has 0 aliphatic rings. The standard InChI is InChI=1S/C14H31N3O2/c1-5-17(11-12-19-6-2)10-8-7-9-14(3,16-4)13(15)18/h16H,5-12H2,1-4H3,(H2,15,18). The third kappa shape index (κ3) is 7.50. The Kier molecular flexibility index (Phi) is 9.83. The molecule has 0 fully saturated rings. The zero-order valence-corrected chi connectivity index (χ0v) is 13.0. The molecule has 0 bridgehead atoms. The van der Waals surface area contributed by atoms with Crippen molar-refractivity contribution in [2.75, 3.05) is 39.9 Å². The number of carbonyl (C=O) groups is 1. The summed E-state index contributed by atoms with van der Waals surface area (Å²) in [7, 11) is 1.78. The lowest BCUT2D eigenvalue weighted by atomic mass is 9.94. The number of nitrogens with one attached hydrogen (secondary N) is 1. The number of unbranched alkanes of at least 4 members (excludes halogenated alkanes) is 1. The number of ether oxygens (including phenoxy) is 1. The Balaban J connectivity index is 3.84. The van der Waals surface area contributed by atoms with E-state index in [2.05, 4.69) is 17.1 Å². The Morgan fingerprint density at radius 3 is 2.47 bits per heavy atom. The van der Waals surface area contributed by atoms with E-state index in [-0.39, 0.29) is 5.91 Å². The molecule has 0 aromatic rings. The van der Waals surface area contributed by atoms with Gasteiger partial charge in [-0.1, -0.05) is 6.92 Å². The highest BCUT2D eigenvalue weighted by Gasteiger charge is 2.27. The van der Waals surface area contributed by atoms with Crippen LogP contribution in [0.2, 0.25) is 0 Å². The van der Waals surface area contributed by atoms with Gasteiger partial charge < -0.3 is 20.7 Å². The van der Waals surface area contributed by atoms with Crippen LogP contribution in [0.1, 0.15) is 40.0 Å². The third-order valence-corrected chi connectivity index (χ3v) is 3.70. The van der Waals surface area contributed by atoms with Gasteiger partial charge in [-0.3, -0.25) is 4.79 Å². The lowest BCUT2D eigenvalue weighted by Gasteiger charge is -2.26. The molecule has 0 aliphatic carbocycles. The van der Waals surface area contributed by atoms with E-state index in [9.17, 15) is 4.79 Å². The molecular weight excluding hydrogens is 242 g/mol. The van der Waals surface area contributed by atoms with Crippen LogP contribution in [0.4, 0.5) is 0 Å². The fraction of sp³-hybridized carbons (Fsp3) is 0.929. The van der Waals surface area contributed by atoms with Crippen molar-refractivity contribution in [2.24, 2.45) is 5.73 Å². The summed E-state index contributed by atoms with van der Waals surface area (Å²) in [6, 6.07) is 0. The molecule has 0 aromatic heterocycles. The van der Waals surface area contributed by atoms with Crippen LogP contribution in [0.25, 0.3) is 0 Å². The molecule has 5 heteroatoms. The molecule has 114 valence electrons. The Morgan fingerprint density at radius 2 is 2.00 bits per heavy atom. The van der Waals surface area contributed by atoms with Crippen molar-refractivity contribution in [3.63, 3.8) is 0 Å². The maximum absolute atomic E-state index is 11.3. The van der Waals surface area contributed by atoms with Crippen molar-refractivity contribution in [3.8, 4) is 0 Å². The van der Waals surface area contributed by atoms with Gasteiger partial charge in [-0.15, -0.1) is 0 Å². The van der Waals surface area contributed by atoms with Gasteiger partial charge in [0.05, 0.1) is 12.1 Å². The number of likely N-dealkylation sites (N-methyl/N-ethyl adjacent to an activating group) is 2. The molecule has 0 saturated carbocycles. The summed E-state index contributed by atoms with van der Waals surface area (Å²) in [5.74, 6) is -0.279. The van der Waals surface area contributed by atoms with Gasteiger partial charge in [0.15, 0.2) is 0 Å². The van der Waals surface area contributed by atoms with Gasteiger partial charge in [0.25, 0.3) is 0 Å². The van der Waals surface area contributed by atoms with E-state index in [4.69, 9.17) is 10.5 Å². The summed E-state index contributed by atoms with van der Waals surface area (Å²) < 4.78 is 5.36. The monoisotopic (exact) mass is 273 g/mol. The van der Waals surface area contributed by atoms with Crippen LogP contribution in [-0.4, -0.2) is 56.2 Å². The van der Waals surface area contributed by atoms with Crippen LogP contribution in [-0.2, 0) is 9.53 Å². The predicted octanol–water partition coefficient (Wildman–Crippen LogP) is 0.979. The molecule has 0 heterocycles. The second-order valence-corrected chi connectivity index (χ2v) is 5.03. The van der Waals surface area contributed by atoms with Crippen molar-refractivity contribution >= 4 is 5.91 Å². The first-order valence-corrected chi connectivity index (χ1v) is 7.29. The average Bonchev–Trinajstić information content (AvgIpc) is 2.41. The lowest BCUT2D eigenvalue weighted by molar-refractivity contribution is -0.123. The molecule has 3 N–H and O–H groups in total. The molecule has 0 radical (unpaired) electrons. The summed E-state index contributed by atoms with van der Waals surface area (Å²) in [6.45, 7) is 10.7. The van der Waals surface area contributed by atoms with E-state index in [1.54, 1.807) is 7.05 Å². The fourth-order valence-electron chi connectivity index (χ4n) is 1.95. The predicted molar refractivity (Wildman–Crippen MR) is 79.1 cm³/mol. The SMILES string of the molecule is CCOCCN(CC)CCCCC(C)(NC)C(N)=O. The molecule has 0 saturated heterocycles. The van der Waals surface area contributed by atoms with Crippen molar-refractivity contribution in [3.05, 3.63) is 0 Å². The van der Waals surface area contributed by atoms with E-state index in [0.717, 1.165) is 52.1 Å². The molecule has 1 unspecified atom stereocenters. The zero-order chi connectivity index (χ0) is 14.7. The highest BCUT2D eigenvalue weighted by Crippen LogP contribution is 2.13. The molecule has 0 aromatic carbocycles. The smallest absolute Gasteiger partial charge is 0.237 e. The number of nitrogens with two attached hydrogens (primary N) is 1. The van der Waals surface area contributed by atoms with E-state index < -0.39 is 5.54 Å². The van der Waals surface area contributed by atoms with E-state index >= 15 is 0 Å². The number of nitrogens with zero attached hydrogens (tertiary/aromatic N) is 1. The van der Waals surface area contributed by atoms with Gasteiger partial charge in [-0.2, -0.15) is 0 Å². The minimum atomic E-state index is -0.581. The number of rotatable bonds is 12. The zero-order valence-electron chi connectivity index (χ0n) is 13.0. The fourth-order valence-corrected chi connectivity index (χ4v) is 1.95. The van der Waals surface area contributed by atoms with Crippen molar-refractivity contribution < 1.29 is 9.53 Å². The van der Waals surface area contributed by atoms with Gasteiger partial charge in [0, 0.05) is 13.2 Å². The number of carbonyl (C=O) groups excluding carboxylic acids is 1. The first-order chi connectivity index (χ1) is 9.00. The molecule has 19 heavy (non-hydrogen) atoms. The Morgan fingerprint density at radius 1 is 1.32 bits per heavy atom. The summed E-state index contributed by atoms with van der Waals surface area (Å²) in [5, 5.41) is 3.01. The number of hydrogen-bond acceptors (Lipinski definition) is 4. The minimum Gasteiger partial charge on any atom is -0.380 e. The number of primary amides is 1. The van der Waals surface area contributed by atoms with Crippen LogP contribution < -0.4 is 11.1 Å². The maximum atomic E-state index is 11.3. The molecule has 0 spiro atoms. The second kappa shape index (κ2) is 10.2. The molecule has 1 atom stereocenters.